The summed E-state index contributed by atoms with van der Waals surface area (Å²) < 4.78 is 5.48. The Morgan fingerprint density at radius 1 is 1.15 bits per heavy atom. The van der Waals surface area contributed by atoms with Crippen molar-refractivity contribution in [2.75, 3.05) is 0 Å². The molecule has 0 bridgehead atoms. The van der Waals surface area contributed by atoms with Gasteiger partial charge in [-0.3, -0.25) is 4.98 Å². The second-order valence-corrected chi connectivity index (χ2v) is 4.85. The zero-order valence-corrected chi connectivity index (χ0v) is 11.5. The van der Waals surface area contributed by atoms with Crippen molar-refractivity contribution < 1.29 is 4.42 Å². The van der Waals surface area contributed by atoms with Crippen LogP contribution < -0.4 is 5.32 Å². The summed E-state index contributed by atoms with van der Waals surface area (Å²) in [5.41, 5.74) is 2.28. The van der Waals surface area contributed by atoms with Crippen molar-refractivity contribution in [3.05, 3.63) is 66.2 Å². The van der Waals surface area contributed by atoms with E-state index >= 15 is 0 Å². The third-order valence-corrected chi connectivity index (χ3v) is 3.55. The van der Waals surface area contributed by atoms with Gasteiger partial charge >= 0.3 is 0 Å². The van der Waals surface area contributed by atoms with E-state index in [9.17, 15) is 0 Å². The molecule has 0 spiro atoms. The Hall–Kier alpha value is -2.13. The number of pyridine rings is 1. The third-order valence-electron chi connectivity index (χ3n) is 3.55. The first-order valence-corrected chi connectivity index (χ1v) is 6.98. The maximum Gasteiger partial charge on any atom is 0.120 e. The number of para-hydroxylation sites is 1. The molecule has 0 amide bonds. The van der Waals surface area contributed by atoms with Gasteiger partial charge in [-0.15, -0.1) is 0 Å². The highest BCUT2D eigenvalue weighted by atomic mass is 16.3. The average molecular weight is 266 g/mol. The molecule has 3 nitrogen and oxygen atoms in total. The lowest BCUT2D eigenvalue weighted by Gasteiger charge is -2.15. The minimum absolute atomic E-state index is 0.240. The highest BCUT2D eigenvalue weighted by Crippen LogP contribution is 2.20. The molecule has 1 aromatic carbocycles. The van der Waals surface area contributed by atoms with Crippen LogP contribution in [0.5, 0.6) is 0 Å². The van der Waals surface area contributed by atoms with Crippen molar-refractivity contribution in [3.63, 3.8) is 0 Å². The van der Waals surface area contributed by atoms with Gasteiger partial charge in [-0.1, -0.05) is 31.2 Å². The van der Waals surface area contributed by atoms with Crippen LogP contribution in [0.15, 0.2) is 59.3 Å². The van der Waals surface area contributed by atoms with E-state index in [2.05, 4.69) is 41.5 Å². The standard InChI is InChI=1S/C17H18N2O/c1-2-15(16-9-5-11-20-16)19-12-14-7-3-6-13-8-4-10-18-17(13)14/h3-11,15,19H,2,12H2,1H3. The van der Waals surface area contributed by atoms with Crippen LogP contribution in [0.25, 0.3) is 10.9 Å². The van der Waals surface area contributed by atoms with Gasteiger partial charge in [-0.25, -0.2) is 0 Å². The molecule has 0 radical (unpaired) electrons. The monoisotopic (exact) mass is 266 g/mol. The molecular weight excluding hydrogens is 248 g/mol. The molecule has 3 aromatic rings. The second-order valence-electron chi connectivity index (χ2n) is 4.85. The summed E-state index contributed by atoms with van der Waals surface area (Å²) in [5, 5.41) is 4.73. The van der Waals surface area contributed by atoms with Crippen molar-refractivity contribution >= 4 is 10.9 Å². The number of nitrogens with one attached hydrogen (secondary N) is 1. The van der Waals surface area contributed by atoms with Gasteiger partial charge < -0.3 is 9.73 Å². The van der Waals surface area contributed by atoms with Crippen molar-refractivity contribution in [3.8, 4) is 0 Å². The van der Waals surface area contributed by atoms with Gasteiger partial charge in [0.15, 0.2) is 0 Å². The van der Waals surface area contributed by atoms with Crippen LogP contribution in [0.3, 0.4) is 0 Å². The minimum Gasteiger partial charge on any atom is -0.468 e. The smallest absolute Gasteiger partial charge is 0.120 e. The lowest BCUT2D eigenvalue weighted by atomic mass is 10.1. The molecule has 20 heavy (non-hydrogen) atoms. The van der Waals surface area contributed by atoms with E-state index < -0.39 is 0 Å². The number of rotatable bonds is 5. The van der Waals surface area contributed by atoms with Crippen LogP contribution in [0.2, 0.25) is 0 Å². The largest absolute Gasteiger partial charge is 0.468 e. The number of benzene rings is 1. The average Bonchev–Trinajstić information content (AvgIpc) is 3.02. The number of aromatic nitrogens is 1. The summed E-state index contributed by atoms with van der Waals surface area (Å²) in [6.45, 7) is 2.94. The Labute approximate surface area is 118 Å². The Kier molecular flexibility index (Phi) is 3.79. The van der Waals surface area contributed by atoms with Gasteiger partial charge in [0, 0.05) is 18.1 Å². The summed E-state index contributed by atoms with van der Waals surface area (Å²) in [5.74, 6) is 0.987. The molecule has 1 N–H and O–H groups in total. The van der Waals surface area contributed by atoms with Gasteiger partial charge in [-0.05, 0) is 30.2 Å². The maximum absolute atomic E-state index is 5.48. The molecular formula is C17H18N2O. The van der Waals surface area contributed by atoms with E-state index in [1.165, 1.54) is 10.9 Å². The molecule has 3 rings (SSSR count). The molecule has 3 heteroatoms. The summed E-state index contributed by atoms with van der Waals surface area (Å²) in [4.78, 5) is 4.48. The first-order chi connectivity index (χ1) is 9.88. The maximum atomic E-state index is 5.48. The molecule has 0 aliphatic heterocycles. The van der Waals surface area contributed by atoms with E-state index in [0.717, 1.165) is 24.2 Å². The number of hydrogen-bond acceptors (Lipinski definition) is 3. The zero-order valence-electron chi connectivity index (χ0n) is 11.5. The van der Waals surface area contributed by atoms with Crippen LogP contribution in [0, 0.1) is 0 Å². The second kappa shape index (κ2) is 5.88. The van der Waals surface area contributed by atoms with Crippen molar-refractivity contribution in [2.24, 2.45) is 0 Å². The number of furan rings is 1. The summed E-state index contributed by atoms with van der Waals surface area (Å²) in [7, 11) is 0. The third kappa shape index (κ3) is 2.58. The fourth-order valence-electron chi connectivity index (χ4n) is 2.48. The van der Waals surface area contributed by atoms with Gasteiger partial charge in [0.05, 0.1) is 17.8 Å². The lowest BCUT2D eigenvalue weighted by molar-refractivity contribution is 0.403. The van der Waals surface area contributed by atoms with E-state index in [-0.39, 0.29) is 6.04 Å². The van der Waals surface area contributed by atoms with Crippen LogP contribution in [-0.4, -0.2) is 4.98 Å². The van der Waals surface area contributed by atoms with Crippen molar-refractivity contribution in [1.82, 2.24) is 10.3 Å². The van der Waals surface area contributed by atoms with Crippen LogP contribution in [-0.2, 0) is 6.54 Å². The predicted octanol–water partition coefficient (Wildman–Crippen LogP) is 4.07. The quantitative estimate of drug-likeness (QED) is 0.756. The van der Waals surface area contributed by atoms with Gasteiger partial charge in [0.2, 0.25) is 0 Å². The normalized spacial score (nSPS) is 12.7. The molecule has 0 saturated heterocycles. The summed E-state index contributed by atoms with van der Waals surface area (Å²) in [6, 6.07) is 14.5. The molecule has 0 saturated carbocycles. The molecule has 1 atom stereocenters. The summed E-state index contributed by atoms with van der Waals surface area (Å²) >= 11 is 0. The Morgan fingerprint density at radius 3 is 2.85 bits per heavy atom. The summed E-state index contributed by atoms with van der Waals surface area (Å²) in [6.07, 6.45) is 4.56. The minimum atomic E-state index is 0.240. The van der Waals surface area contributed by atoms with E-state index in [4.69, 9.17) is 4.42 Å². The fourth-order valence-corrected chi connectivity index (χ4v) is 2.48. The molecule has 0 aliphatic rings. The Bertz CT molecular complexity index is 671. The van der Waals surface area contributed by atoms with Gasteiger partial charge in [0.25, 0.3) is 0 Å². The number of hydrogen-bond donors (Lipinski definition) is 1. The molecule has 2 aromatic heterocycles. The van der Waals surface area contributed by atoms with Crippen LogP contribution >= 0.6 is 0 Å². The number of nitrogens with zero attached hydrogens (tertiary/aromatic N) is 1. The van der Waals surface area contributed by atoms with Gasteiger partial charge in [0.1, 0.15) is 5.76 Å². The first-order valence-electron chi connectivity index (χ1n) is 6.98. The highest BCUT2D eigenvalue weighted by Gasteiger charge is 2.12. The molecule has 2 heterocycles. The van der Waals surface area contributed by atoms with Gasteiger partial charge in [-0.2, -0.15) is 0 Å². The molecule has 0 aliphatic carbocycles. The predicted molar refractivity (Wildman–Crippen MR) is 80.3 cm³/mol. The molecule has 102 valence electrons. The number of fused-ring (bicyclic) bond motifs is 1. The first kappa shape index (κ1) is 12.9. The van der Waals surface area contributed by atoms with Crippen molar-refractivity contribution in [1.29, 1.82) is 0 Å². The lowest BCUT2D eigenvalue weighted by Crippen LogP contribution is -2.20. The van der Waals surface area contributed by atoms with Crippen molar-refractivity contribution in [2.45, 2.75) is 25.9 Å². The zero-order chi connectivity index (χ0) is 13.8. The topological polar surface area (TPSA) is 38.1 Å². The Morgan fingerprint density at radius 2 is 2.05 bits per heavy atom. The van der Waals surface area contributed by atoms with E-state index in [0.29, 0.717) is 0 Å². The van der Waals surface area contributed by atoms with Crippen LogP contribution in [0.1, 0.15) is 30.7 Å². The SMILES string of the molecule is CCC(NCc1cccc2cccnc12)c1ccco1. The molecule has 0 fully saturated rings. The van der Waals surface area contributed by atoms with E-state index in [1.54, 1.807) is 6.26 Å². The highest BCUT2D eigenvalue weighted by molar-refractivity contribution is 5.81. The Balaban J connectivity index is 1.80. The fraction of sp³-hybridized carbons (Fsp3) is 0.235. The van der Waals surface area contributed by atoms with Crippen LogP contribution in [0.4, 0.5) is 0 Å². The molecule has 1 unspecified atom stereocenters. The van der Waals surface area contributed by atoms with E-state index in [1.807, 2.05) is 24.4 Å².